The molecule has 2 atom stereocenters. The molecule has 1 aromatic heterocycles. The lowest BCUT2D eigenvalue weighted by molar-refractivity contribution is -0.152. The van der Waals surface area contributed by atoms with Crippen molar-refractivity contribution in [2.24, 2.45) is 0 Å². The van der Waals surface area contributed by atoms with Crippen LogP contribution in [-0.2, 0) is 49.2 Å². The smallest absolute Gasteiger partial charge is 0.163 e. The van der Waals surface area contributed by atoms with Crippen LogP contribution in [0.15, 0.2) is 31.5 Å². The van der Waals surface area contributed by atoms with Crippen LogP contribution in [0.1, 0.15) is 142 Å². The van der Waals surface area contributed by atoms with E-state index in [1.54, 1.807) is 0 Å². The first kappa shape index (κ1) is 47.6. The molecule has 2 unspecified atom stereocenters. The van der Waals surface area contributed by atoms with Crippen LogP contribution in [0.3, 0.4) is 0 Å². The van der Waals surface area contributed by atoms with E-state index in [0.717, 1.165) is 44.6 Å². The van der Waals surface area contributed by atoms with E-state index in [9.17, 15) is 0 Å². The van der Waals surface area contributed by atoms with Gasteiger partial charge in [0.1, 0.15) is 30.0 Å². The Morgan fingerprint density at radius 2 is 1.13 bits per heavy atom. The number of nitrogens with zero attached hydrogens (tertiary/aromatic N) is 3. The maximum atomic E-state index is 6.30. The molecule has 2 saturated heterocycles. The molecule has 2 aliphatic rings. The summed E-state index contributed by atoms with van der Waals surface area (Å²) in [5, 5.41) is 8.93. The topological polar surface area (TPSA) is 114 Å². The number of aromatic nitrogens is 3. The molecule has 0 amide bonds. The van der Waals surface area contributed by atoms with Crippen molar-refractivity contribution < 1.29 is 42.6 Å². The summed E-state index contributed by atoms with van der Waals surface area (Å²) in [5.74, 6) is -1.19. The summed E-state index contributed by atoms with van der Waals surface area (Å²) in [6.45, 7) is 20.5. The van der Waals surface area contributed by atoms with E-state index >= 15 is 0 Å². The highest BCUT2D eigenvalue weighted by atomic mass is 16.8. The van der Waals surface area contributed by atoms with Crippen molar-refractivity contribution in [3.63, 3.8) is 0 Å². The minimum absolute atomic E-state index is 0.0748. The molecule has 0 aromatic carbocycles. The number of allylic oxidation sites excluding steroid dienone is 2. The van der Waals surface area contributed by atoms with Crippen LogP contribution in [-0.4, -0.2) is 111 Å². The second kappa shape index (κ2) is 28.6. The van der Waals surface area contributed by atoms with Gasteiger partial charge in [-0.1, -0.05) is 81.6 Å². The van der Waals surface area contributed by atoms with E-state index in [-0.39, 0.29) is 31.0 Å². The first-order valence-corrected chi connectivity index (χ1v) is 21.4. The Kier molecular flexibility index (Phi) is 24.8. The molecule has 3 heterocycles. The third-order valence-corrected chi connectivity index (χ3v) is 9.76. The maximum absolute atomic E-state index is 6.30. The van der Waals surface area contributed by atoms with Crippen LogP contribution in [0, 0.1) is 0 Å². The minimum Gasteiger partial charge on any atom is -0.379 e. The van der Waals surface area contributed by atoms with Crippen molar-refractivity contribution in [2.45, 2.75) is 173 Å². The summed E-state index contributed by atoms with van der Waals surface area (Å²) in [6.07, 6.45) is 24.9. The van der Waals surface area contributed by atoms with E-state index in [1.807, 2.05) is 50.7 Å². The predicted molar refractivity (Wildman–Crippen MR) is 215 cm³/mol. The molecule has 0 aliphatic carbocycles. The van der Waals surface area contributed by atoms with Gasteiger partial charge in [-0.15, -0.1) is 18.3 Å². The Balaban J connectivity index is 1.45. The second-order valence-electron chi connectivity index (χ2n) is 16.0. The fourth-order valence-corrected chi connectivity index (χ4v) is 6.65. The molecule has 3 rings (SSSR count). The van der Waals surface area contributed by atoms with Crippen LogP contribution < -0.4 is 0 Å². The number of hydrogen-bond acceptors (Lipinski definition) is 11. The van der Waals surface area contributed by atoms with Gasteiger partial charge in [-0.25, -0.2) is 4.68 Å². The monoisotopic (exact) mass is 780 g/mol. The fraction of sp³-hybridized carbons (Fsp3) is 0.860. The normalized spacial score (nSPS) is 19.7. The molecule has 0 radical (unpaired) electrons. The van der Waals surface area contributed by atoms with Crippen molar-refractivity contribution in [3.8, 4) is 0 Å². The Hall–Kier alpha value is -1.74. The standard InChI is InChI=1S/C43H77N3O9/c1-7-9-11-13-15-17-19-21-23-25-47-29-38(30-48-26-24-22-20-18-16-14-12-10-8-2)46-27-37(44-45-46)28-51-39(31-49-33-40-35-52-42(3,4)54-40)32-50-34-41-36-53-43(5,6)55-41/h7-8,27,38-41H,1-2,9-26,28-36H2,3-6H3. The molecule has 0 N–H and O–H groups in total. The molecule has 55 heavy (non-hydrogen) atoms. The quantitative estimate of drug-likeness (QED) is 0.0482. The lowest BCUT2D eigenvalue weighted by atomic mass is 10.1. The summed E-state index contributed by atoms with van der Waals surface area (Å²) in [4.78, 5) is 0. The van der Waals surface area contributed by atoms with Crippen molar-refractivity contribution in [1.29, 1.82) is 0 Å². The first-order chi connectivity index (χ1) is 26.7. The van der Waals surface area contributed by atoms with Gasteiger partial charge in [0, 0.05) is 13.2 Å². The summed E-state index contributed by atoms with van der Waals surface area (Å²) in [5.41, 5.74) is 0.722. The van der Waals surface area contributed by atoms with Crippen molar-refractivity contribution in [3.05, 3.63) is 37.2 Å². The summed E-state index contributed by atoms with van der Waals surface area (Å²) in [7, 11) is 0. The molecule has 2 fully saturated rings. The molecule has 1 aromatic rings. The van der Waals surface area contributed by atoms with Crippen molar-refractivity contribution >= 4 is 0 Å². The van der Waals surface area contributed by atoms with Gasteiger partial charge in [0.15, 0.2) is 11.6 Å². The highest BCUT2D eigenvalue weighted by Gasteiger charge is 2.34. The van der Waals surface area contributed by atoms with Gasteiger partial charge < -0.3 is 42.6 Å². The van der Waals surface area contributed by atoms with Crippen LogP contribution in [0.2, 0.25) is 0 Å². The van der Waals surface area contributed by atoms with E-state index < -0.39 is 11.6 Å². The zero-order valence-corrected chi connectivity index (χ0v) is 35.1. The van der Waals surface area contributed by atoms with E-state index in [0.29, 0.717) is 52.9 Å². The zero-order valence-electron chi connectivity index (χ0n) is 35.1. The summed E-state index contributed by atoms with van der Waals surface area (Å²) in [6, 6.07) is -0.0748. The minimum atomic E-state index is -0.597. The molecular formula is C43H77N3O9. The second-order valence-corrected chi connectivity index (χ2v) is 16.0. The van der Waals surface area contributed by atoms with Crippen molar-refractivity contribution in [2.75, 3.05) is 66.1 Å². The Morgan fingerprint density at radius 3 is 1.56 bits per heavy atom. The average molecular weight is 780 g/mol. The van der Waals surface area contributed by atoms with Crippen LogP contribution >= 0.6 is 0 Å². The molecule has 318 valence electrons. The number of unbranched alkanes of at least 4 members (excludes halogenated alkanes) is 14. The first-order valence-electron chi connectivity index (χ1n) is 21.4. The van der Waals surface area contributed by atoms with Gasteiger partial charge in [-0.05, 0) is 66.2 Å². The summed E-state index contributed by atoms with van der Waals surface area (Å²) < 4.78 is 55.7. The van der Waals surface area contributed by atoms with Gasteiger partial charge in [-0.3, -0.25) is 0 Å². The Bertz CT molecular complexity index is 1050. The van der Waals surface area contributed by atoms with Crippen molar-refractivity contribution in [1.82, 2.24) is 15.0 Å². The SMILES string of the molecule is C=CCCCCCCCCCOCC(COCCCCCCCCCC=C)n1cc(COC(COCC2COC(C)(C)O2)COCC2COC(C)(C)O2)nn1. The molecule has 2 aliphatic heterocycles. The molecule has 0 bridgehead atoms. The highest BCUT2D eigenvalue weighted by molar-refractivity contribution is 4.92. The molecule has 12 heteroatoms. The Labute approximate surface area is 333 Å². The largest absolute Gasteiger partial charge is 0.379 e. The van der Waals surface area contributed by atoms with Gasteiger partial charge >= 0.3 is 0 Å². The molecule has 0 saturated carbocycles. The lowest BCUT2D eigenvalue weighted by Crippen LogP contribution is -2.31. The van der Waals surface area contributed by atoms with E-state index in [2.05, 4.69) is 23.5 Å². The fourth-order valence-electron chi connectivity index (χ4n) is 6.65. The molecular weight excluding hydrogens is 702 g/mol. The van der Waals surface area contributed by atoms with E-state index in [4.69, 9.17) is 42.6 Å². The third-order valence-electron chi connectivity index (χ3n) is 9.76. The summed E-state index contributed by atoms with van der Waals surface area (Å²) >= 11 is 0. The lowest BCUT2D eigenvalue weighted by Gasteiger charge is -2.21. The number of rotatable bonds is 36. The van der Waals surface area contributed by atoms with Gasteiger partial charge in [0.05, 0.1) is 65.7 Å². The Morgan fingerprint density at radius 1 is 0.673 bits per heavy atom. The average Bonchev–Trinajstić information content (AvgIpc) is 3.87. The predicted octanol–water partition coefficient (Wildman–Crippen LogP) is 8.69. The van der Waals surface area contributed by atoms with Crippen LogP contribution in [0.25, 0.3) is 0 Å². The van der Waals surface area contributed by atoms with E-state index in [1.165, 1.54) is 77.0 Å². The zero-order chi connectivity index (χ0) is 39.5. The molecule has 12 nitrogen and oxygen atoms in total. The van der Waals surface area contributed by atoms with Crippen LogP contribution in [0.5, 0.6) is 0 Å². The molecule has 0 spiro atoms. The van der Waals surface area contributed by atoms with Gasteiger partial charge in [0.25, 0.3) is 0 Å². The van der Waals surface area contributed by atoms with Gasteiger partial charge in [0.2, 0.25) is 0 Å². The van der Waals surface area contributed by atoms with Crippen LogP contribution in [0.4, 0.5) is 0 Å². The maximum Gasteiger partial charge on any atom is 0.163 e. The third kappa shape index (κ3) is 22.7. The highest BCUT2D eigenvalue weighted by Crippen LogP contribution is 2.24. The number of hydrogen-bond donors (Lipinski definition) is 0. The van der Waals surface area contributed by atoms with Gasteiger partial charge in [-0.2, -0.15) is 0 Å². The number of ether oxygens (including phenoxy) is 9.